The minimum absolute atomic E-state index is 0.209. The first-order valence-corrected chi connectivity index (χ1v) is 9.43. The zero-order valence-electron chi connectivity index (χ0n) is 14.1. The molecule has 4 nitrogen and oxygen atoms in total. The van der Waals surface area contributed by atoms with Crippen LogP contribution in [0.3, 0.4) is 0 Å². The average Bonchev–Trinajstić information content (AvgIpc) is 2.91. The monoisotopic (exact) mass is 308 g/mol. The second kappa shape index (κ2) is 7.78. The Morgan fingerprint density at radius 2 is 1.73 bits per heavy atom. The van der Waals surface area contributed by atoms with Crippen LogP contribution in [0, 0.1) is 11.8 Å². The molecule has 126 valence electrons. The second-order valence-electron chi connectivity index (χ2n) is 7.37. The Morgan fingerprint density at radius 3 is 2.32 bits per heavy atom. The van der Waals surface area contributed by atoms with Crippen molar-refractivity contribution >= 4 is 5.91 Å². The lowest BCUT2D eigenvalue weighted by atomic mass is 9.92. The molecular weight excluding hydrogens is 276 g/mol. The van der Waals surface area contributed by atoms with Crippen molar-refractivity contribution in [3.05, 3.63) is 0 Å². The highest BCUT2D eigenvalue weighted by Crippen LogP contribution is 2.28. The SMILES string of the molecule is CCC(OC1CCCCC1)C(=O)N1CC[C@@H]2CNC[C@@H]2CC1. The fourth-order valence-electron chi connectivity index (χ4n) is 4.40. The van der Waals surface area contributed by atoms with E-state index in [2.05, 4.69) is 17.1 Å². The number of rotatable bonds is 4. The molecule has 1 amide bonds. The van der Waals surface area contributed by atoms with Crippen LogP contribution < -0.4 is 5.32 Å². The molecule has 3 rings (SSSR count). The van der Waals surface area contributed by atoms with Gasteiger partial charge in [-0.1, -0.05) is 26.2 Å². The Balaban J connectivity index is 1.53. The van der Waals surface area contributed by atoms with Crippen LogP contribution in [0.25, 0.3) is 0 Å². The number of carbonyl (C=O) groups excluding carboxylic acids is 1. The highest BCUT2D eigenvalue weighted by molar-refractivity contribution is 5.81. The maximum absolute atomic E-state index is 12.9. The smallest absolute Gasteiger partial charge is 0.251 e. The van der Waals surface area contributed by atoms with Gasteiger partial charge in [0.2, 0.25) is 0 Å². The highest BCUT2D eigenvalue weighted by atomic mass is 16.5. The number of likely N-dealkylation sites (tertiary alicyclic amines) is 1. The van der Waals surface area contributed by atoms with Crippen LogP contribution in [0.15, 0.2) is 0 Å². The van der Waals surface area contributed by atoms with E-state index in [4.69, 9.17) is 4.74 Å². The van der Waals surface area contributed by atoms with E-state index in [9.17, 15) is 4.79 Å². The number of amides is 1. The summed E-state index contributed by atoms with van der Waals surface area (Å²) in [5, 5.41) is 3.50. The Hall–Kier alpha value is -0.610. The Morgan fingerprint density at radius 1 is 1.09 bits per heavy atom. The van der Waals surface area contributed by atoms with Crippen LogP contribution in [0.1, 0.15) is 58.3 Å². The van der Waals surface area contributed by atoms with E-state index in [0.717, 1.165) is 70.1 Å². The topological polar surface area (TPSA) is 41.6 Å². The van der Waals surface area contributed by atoms with Crippen molar-refractivity contribution in [1.82, 2.24) is 10.2 Å². The molecule has 0 radical (unpaired) electrons. The van der Waals surface area contributed by atoms with Crippen molar-refractivity contribution in [1.29, 1.82) is 0 Å². The molecule has 1 aliphatic carbocycles. The summed E-state index contributed by atoms with van der Waals surface area (Å²) in [7, 11) is 0. The van der Waals surface area contributed by atoms with Gasteiger partial charge >= 0.3 is 0 Å². The third-order valence-electron chi connectivity index (χ3n) is 5.89. The van der Waals surface area contributed by atoms with Crippen molar-refractivity contribution in [3.8, 4) is 0 Å². The number of fused-ring (bicyclic) bond motifs is 1. The molecular formula is C18H32N2O2. The van der Waals surface area contributed by atoms with Crippen LogP contribution in [0.5, 0.6) is 0 Å². The molecule has 3 aliphatic rings. The van der Waals surface area contributed by atoms with Crippen molar-refractivity contribution in [2.75, 3.05) is 26.2 Å². The summed E-state index contributed by atoms with van der Waals surface area (Å²) in [5.74, 6) is 1.80. The van der Waals surface area contributed by atoms with Gasteiger partial charge in [0, 0.05) is 13.1 Å². The van der Waals surface area contributed by atoms with E-state index < -0.39 is 0 Å². The van der Waals surface area contributed by atoms with Crippen LogP contribution in [-0.2, 0) is 9.53 Å². The first-order valence-electron chi connectivity index (χ1n) is 9.43. The largest absolute Gasteiger partial charge is 0.365 e. The molecule has 0 aromatic carbocycles. The van der Waals surface area contributed by atoms with Crippen LogP contribution in [0.2, 0.25) is 0 Å². The molecule has 3 atom stereocenters. The standard InChI is InChI=1S/C18H32N2O2/c1-2-17(22-16-6-4-3-5-7-16)18(21)20-10-8-14-12-19-13-15(14)9-11-20/h14-17,19H,2-13H2,1H3/t14-,15+,17?. The van der Waals surface area contributed by atoms with Gasteiger partial charge in [-0.25, -0.2) is 0 Å². The normalized spacial score (nSPS) is 31.6. The molecule has 0 aromatic rings. The van der Waals surface area contributed by atoms with Crippen molar-refractivity contribution < 1.29 is 9.53 Å². The quantitative estimate of drug-likeness (QED) is 0.868. The fourth-order valence-corrected chi connectivity index (χ4v) is 4.40. The lowest BCUT2D eigenvalue weighted by Crippen LogP contribution is -2.42. The summed E-state index contributed by atoms with van der Waals surface area (Å²) in [6.07, 6.45) is 9.35. The Kier molecular flexibility index (Phi) is 5.75. The zero-order chi connectivity index (χ0) is 15.4. The lowest BCUT2D eigenvalue weighted by Gasteiger charge is -2.30. The zero-order valence-corrected chi connectivity index (χ0v) is 14.1. The summed E-state index contributed by atoms with van der Waals surface area (Å²) < 4.78 is 6.19. The average molecular weight is 308 g/mol. The number of nitrogens with one attached hydrogen (secondary N) is 1. The third kappa shape index (κ3) is 3.83. The van der Waals surface area contributed by atoms with E-state index in [0.29, 0.717) is 6.10 Å². The lowest BCUT2D eigenvalue weighted by molar-refractivity contribution is -0.149. The summed E-state index contributed by atoms with van der Waals surface area (Å²) in [4.78, 5) is 15.0. The molecule has 0 spiro atoms. The number of carbonyl (C=O) groups is 1. The summed E-state index contributed by atoms with van der Waals surface area (Å²) in [6, 6.07) is 0. The number of hydrogen-bond acceptors (Lipinski definition) is 3. The highest BCUT2D eigenvalue weighted by Gasteiger charge is 2.34. The summed E-state index contributed by atoms with van der Waals surface area (Å²) in [5.41, 5.74) is 0. The molecule has 2 aliphatic heterocycles. The Labute approximate surface area is 135 Å². The fraction of sp³-hybridized carbons (Fsp3) is 0.944. The minimum atomic E-state index is -0.209. The van der Waals surface area contributed by atoms with Gasteiger partial charge in [-0.3, -0.25) is 4.79 Å². The molecule has 1 saturated carbocycles. The van der Waals surface area contributed by atoms with Crippen LogP contribution in [0.4, 0.5) is 0 Å². The summed E-state index contributed by atoms with van der Waals surface area (Å²) >= 11 is 0. The maximum atomic E-state index is 12.9. The molecule has 4 heteroatoms. The van der Waals surface area contributed by atoms with E-state index in [-0.39, 0.29) is 12.0 Å². The molecule has 1 N–H and O–H groups in total. The second-order valence-corrected chi connectivity index (χ2v) is 7.37. The van der Waals surface area contributed by atoms with Gasteiger partial charge in [0.1, 0.15) is 6.10 Å². The molecule has 2 saturated heterocycles. The van der Waals surface area contributed by atoms with Gasteiger partial charge in [0.05, 0.1) is 6.10 Å². The predicted octanol–water partition coefficient (Wildman–Crippen LogP) is 2.57. The van der Waals surface area contributed by atoms with E-state index >= 15 is 0 Å². The molecule has 0 bridgehead atoms. The molecule has 2 heterocycles. The first kappa shape index (κ1) is 16.3. The van der Waals surface area contributed by atoms with Gasteiger partial charge in [0.15, 0.2) is 0 Å². The molecule has 3 fully saturated rings. The van der Waals surface area contributed by atoms with Gasteiger partial charge in [-0.15, -0.1) is 0 Å². The van der Waals surface area contributed by atoms with Gasteiger partial charge in [-0.05, 0) is 57.0 Å². The van der Waals surface area contributed by atoms with Crippen LogP contribution >= 0.6 is 0 Å². The van der Waals surface area contributed by atoms with E-state index in [1.54, 1.807) is 0 Å². The predicted molar refractivity (Wildman–Crippen MR) is 87.7 cm³/mol. The molecule has 1 unspecified atom stereocenters. The van der Waals surface area contributed by atoms with Gasteiger partial charge < -0.3 is 15.0 Å². The first-order chi connectivity index (χ1) is 10.8. The van der Waals surface area contributed by atoms with Crippen molar-refractivity contribution in [2.45, 2.75) is 70.5 Å². The molecule has 0 aromatic heterocycles. The van der Waals surface area contributed by atoms with E-state index in [1.807, 2.05) is 0 Å². The third-order valence-corrected chi connectivity index (χ3v) is 5.89. The van der Waals surface area contributed by atoms with Gasteiger partial charge in [-0.2, -0.15) is 0 Å². The summed E-state index contributed by atoms with van der Waals surface area (Å²) in [6.45, 7) is 6.21. The minimum Gasteiger partial charge on any atom is -0.365 e. The van der Waals surface area contributed by atoms with Crippen molar-refractivity contribution in [3.63, 3.8) is 0 Å². The van der Waals surface area contributed by atoms with Gasteiger partial charge in [0.25, 0.3) is 5.91 Å². The molecule has 22 heavy (non-hydrogen) atoms. The number of hydrogen-bond donors (Lipinski definition) is 1. The Bertz CT molecular complexity index is 350. The number of nitrogens with zero attached hydrogens (tertiary/aromatic N) is 1. The van der Waals surface area contributed by atoms with Crippen LogP contribution in [-0.4, -0.2) is 49.2 Å². The number of ether oxygens (including phenoxy) is 1. The van der Waals surface area contributed by atoms with E-state index in [1.165, 1.54) is 19.3 Å². The van der Waals surface area contributed by atoms with Crippen molar-refractivity contribution in [2.24, 2.45) is 11.8 Å². The maximum Gasteiger partial charge on any atom is 0.251 e.